The van der Waals surface area contributed by atoms with Crippen LogP contribution in [0.3, 0.4) is 0 Å². The van der Waals surface area contributed by atoms with Gasteiger partial charge in [0.2, 0.25) is 5.91 Å². The Labute approximate surface area is 222 Å². The smallest absolute Gasteiger partial charge is 0.352 e. The molecule has 1 fully saturated rings. The SMILES string of the molecule is C/C=C\C1=C(C(=O)O)N2C(=O)[C@@H](NC(=O)[C@@H](N)c3ccc(OC(=O)[C@H](N)c4ccc(O)cc4)cc3)[C@H]2SC1. The maximum absolute atomic E-state index is 12.8. The fourth-order valence-electron chi connectivity index (χ4n) is 4.11. The third-order valence-electron chi connectivity index (χ3n) is 6.11. The van der Waals surface area contributed by atoms with Crippen LogP contribution in [0.1, 0.15) is 30.1 Å². The number of carbonyl (C=O) groups is 4. The van der Waals surface area contributed by atoms with E-state index in [2.05, 4.69) is 5.32 Å². The number of amides is 2. The molecule has 38 heavy (non-hydrogen) atoms. The van der Waals surface area contributed by atoms with Gasteiger partial charge < -0.3 is 31.7 Å². The highest BCUT2D eigenvalue weighted by molar-refractivity contribution is 8.00. The Balaban J connectivity index is 1.37. The van der Waals surface area contributed by atoms with Gasteiger partial charge >= 0.3 is 11.9 Å². The van der Waals surface area contributed by atoms with Crippen molar-refractivity contribution in [3.05, 3.63) is 83.1 Å². The van der Waals surface area contributed by atoms with Gasteiger partial charge in [-0.05, 0) is 47.9 Å². The number of hydrogen-bond acceptors (Lipinski definition) is 9. The number of nitrogens with zero attached hydrogens (tertiary/aromatic N) is 1. The highest BCUT2D eigenvalue weighted by Gasteiger charge is 2.54. The number of allylic oxidation sites excluding steroid dienone is 2. The quantitative estimate of drug-likeness (QED) is 0.186. The third kappa shape index (κ3) is 5.28. The molecule has 7 N–H and O–H groups in total. The molecular weight excluding hydrogens is 512 g/mol. The Hall–Kier alpha value is -4.13. The van der Waals surface area contributed by atoms with E-state index in [1.54, 1.807) is 19.1 Å². The molecule has 0 aromatic heterocycles. The van der Waals surface area contributed by atoms with Crippen LogP contribution in [0.15, 0.2) is 72.0 Å². The van der Waals surface area contributed by atoms with Crippen LogP contribution in [-0.2, 0) is 19.2 Å². The van der Waals surface area contributed by atoms with E-state index in [1.807, 2.05) is 0 Å². The van der Waals surface area contributed by atoms with Gasteiger partial charge in [-0.2, -0.15) is 0 Å². The van der Waals surface area contributed by atoms with Gasteiger partial charge in [0.1, 0.15) is 40.7 Å². The van der Waals surface area contributed by atoms with Gasteiger partial charge in [-0.1, -0.05) is 36.4 Å². The average Bonchev–Trinajstić information content (AvgIpc) is 2.91. The summed E-state index contributed by atoms with van der Waals surface area (Å²) in [5.74, 6) is -2.43. The lowest BCUT2D eigenvalue weighted by Gasteiger charge is -2.49. The van der Waals surface area contributed by atoms with Crippen molar-refractivity contribution in [3.8, 4) is 11.5 Å². The second kappa shape index (κ2) is 11.1. The number of phenols is 1. The topological polar surface area (TPSA) is 185 Å². The summed E-state index contributed by atoms with van der Waals surface area (Å²) in [6, 6.07) is 8.71. The molecule has 2 aromatic rings. The number of aromatic hydroxyl groups is 1. The predicted octanol–water partition coefficient (Wildman–Crippen LogP) is 1.31. The van der Waals surface area contributed by atoms with E-state index in [0.29, 0.717) is 22.5 Å². The number of carboxylic acid groups (broad SMARTS) is 1. The summed E-state index contributed by atoms with van der Waals surface area (Å²) in [6.45, 7) is 1.76. The lowest BCUT2D eigenvalue weighted by Crippen LogP contribution is -2.71. The first-order valence-corrected chi connectivity index (χ1v) is 12.6. The zero-order chi connectivity index (χ0) is 27.6. The standard InChI is InChI=1S/C26H26N4O7S/c1-2-3-15-12-38-24-20(23(33)30(24)21(15)25(34)35)29-22(32)18(27)13-6-10-17(11-7-13)37-26(36)19(28)14-4-8-16(31)9-5-14/h2-11,18-20,24,31H,12,27-28H2,1H3,(H,29,32)(H,34,35)/b3-2-/t18-,19+,20+,24+/m0/s1. The number of rotatable bonds is 8. The number of phenolic OH excluding ortho intramolecular Hbond substituents is 1. The Kier molecular flexibility index (Phi) is 7.86. The van der Waals surface area contributed by atoms with Gasteiger partial charge in [0, 0.05) is 5.75 Å². The summed E-state index contributed by atoms with van der Waals surface area (Å²) in [5, 5.41) is 21.1. The van der Waals surface area contributed by atoms with Gasteiger partial charge in [-0.25, -0.2) is 9.59 Å². The number of nitrogens with one attached hydrogen (secondary N) is 1. The first-order valence-electron chi connectivity index (χ1n) is 11.6. The Bertz CT molecular complexity index is 1320. The van der Waals surface area contributed by atoms with Gasteiger partial charge in [-0.3, -0.25) is 14.5 Å². The monoisotopic (exact) mass is 538 g/mol. The summed E-state index contributed by atoms with van der Waals surface area (Å²) in [6.07, 6.45) is 3.36. The first kappa shape index (κ1) is 26.9. The van der Waals surface area contributed by atoms with Crippen LogP contribution in [0.4, 0.5) is 0 Å². The van der Waals surface area contributed by atoms with Crippen molar-refractivity contribution in [2.24, 2.45) is 11.5 Å². The van der Waals surface area contributed by atoms with Crippen molar-refractivity contribution in [2.75, 3.05) is 5.75 Å². The summed E-state index contributed by atoms with van der Waals surface area (Å²) in [5.41, 5.74) is 13.3. The van der Waals surface area contributed by atoms with Gasteiger partial charge in [-0.15, -0.1) is 11.8 Å². The average molecular weight is 539 g/mol. The number of β-lactam (4-membered cyclic amide) rings is 1. The second-order valence-electron chi connectivity index (χ2n) is 8.61. The zero-order valence-electron chi connectivity index (χ0n) is 20.2. The molecule has 2 aliphatic heterocycles. The van der Waals surface area contributed by atoms with Crippen molar-refractivity contribution in [1.82, 2.24) is 10.2 Å². The minimum Gasteiger partial charge on any atom is -0.508 e. The number of nitrogens with two attached hydrogens (primary N) is 2. The molecule has 0 saturated carbocycles. The number of benzene rings is 2. The van der Waals surface area contributed by atoms with E-state index < -0.39 is 47.3 Å². The molecule has 2 aromatic carbocycles. The molecule has 0 aliphatic carbocycles. The molecule has 0 spiro atoms. The van der Waals surface area contributed by atoms with Crippen molar-refractivity contribution >= 4 is 35.5 Å². The van der Waals surface area contributed by atoms with Gasteiger partial charge in [0.05, 0.1) is 0 Å². The number of aliphatic carboxylic acids is 1. The molecule has 2 amide bonds. The van der Waals surface area contributed by atoms with E-state index in [9.17, 15) is 29.4 Å². The van der Waals surface area contributed by atoms with Crippen LogP contribution in [0.5, 0.6) is 11.5 Å². The van der Waals surface area contributed by atoms with Gasteiger partial charge in [0.15, 0.2) is 0 Å². The molecule has 1 saturated heterocycles. The number of ether oxygens (including phenoxy) is 1. The largest absolute Gasteiger partial charge is 0.508 e. The van der Waals surface area contributed by atoms with E-state index in [-0.39, 0.29) is 17.2 Å². The molecule has 2 heterocycles. The normalized spacial score (nSPS) is 20.4. The first-order chi connectivity index (χ1) is 18.1. The molecule has 0 unspecified atom stereocenters. The van der Waals surface area contributed by atoms with Crippen molar-refractivity contribution in [2.45, 2.75) is 30.4 Å². The van der Waals surface area contributed by atoms with Crippen LogP contribution >= 0.6 is 11.8 Å². The number of carbonyl (C=O) groups excluding carboxylic acids is 3. The molecule has 4 rings (SSSR count). The number of thioether (sulfide) groups is 1. The fourth-order valence-corrected chi connectivity index (χ4v) is 5.43. The molecule has 2 aliphatic rings. The van der Waals surface area contributed by atoms with Crippen molar-refractivity contribution in [3.63, 3.8) is 0 Å². The third-order valence-corrected chi connectivity index (χ3v) is 7.41. The lowest BCUT2D eigenvalue weighted by molar-refractivity contribution is -0.150. The summed E-state index contributed by atoms with van der Waals surface area (Å²) < 4.78 is 5.30. The minimum absolute atomic E-state index is 0.0437. The number of hydrogen-bond donors (Lipinski definition) is 5. The Morgan fingerprint density at radius 3 is 2.29 bits per heavy atom. The van der Waals surface area contributed by atoms with Crippen LogP contribution in [0, 0.1) is 0 Å². The molecule has 0 radical (unpaired) electrons. The summed E-state index contributed by atoms with van der Waals surface area (Å²) in [4.78, 5) is 50.9. The number of carboxylic acids is 1. The van der Waals surface area contributed by atoms with Crippen molar-refractivity contribution in [1.29, 1.82) is 0 Å². The highest BCUT2D eigenvalue weighted by Crippen LogP contribution is 2.40. The Morgan fingerprint density at radius 2 is 1.68 bits per heavy atom. The summed E-state index contributed by atoms with van der Waals surface area (Å²) in [7, 11) is 0. The second-order valence-corrected chi connectivity index (χ2v) is 9.72. The lowest BCUT2D eigenvalue weighted by atomic mass is 10.0. The van der Waals surface area contributed by atoms with Crippen LogP contribution < -0.4 is 21.5 Å². The zero-order valence-corrected chi connectivity index (χ0v) is 21.1. The summed E-state index contributed by atoms with van der Waals surface area (Å²) >= 11 is 1.36. The van der Waals surface area contributed by atoms with Crippen LogP contribution in [0.2, 0.25) is 0 Å². The number of esters is 1. The van der Waals surface area contributed by atoms with Crippen molar-refractivity contribution < 1.29 is 34.1 Å². The van der Waals surface area contributed by atoms with E-state index in [4.69, 9.17) is 16.2 Å². The maximum Gasteiger partial charge on any atom is 0.352 e. The van der Waals surface area contributed by atoms with Crippen LogP contribution in [-0.4, -0.2) is 56.0 Å². The predicted molar refractivity (Wildman–Crippen MR) is 139 cm³/mol. The minimum atomic E-state index is -1.21. The van der Waals surface area contributed by atoms with E-state index >= 15 is 0 Å². The highest BCUT2D eigenvalue weighted by atomic mass is 32.2. The maximum atomic E-state index is 12.8. The molecule has 198 valence electrons. The number of fused-ring (bicyclic) bond motifs is 1. The van der Waals surface area contributed by atoms with E-state index in [1.165, 1.54) is 65.2 Å². The fraction of sp³-hybridized carbons (Fsp3) is 0.231. The molecule has 4 atom stereocenters. The van der Waals surface area contributed by atoms with Crippen LogP contribution in [0.25, 0.3) is 0 Å². The van der Waals surface area contributed by atoms with Gasteiger partial charge in [0.25, 0.3) is 5.91 Å². The molecule has 12 heteroatoms. The Morgan fingerprint density at radius 1 is 1.08 bits per heavy atom. The molecule has 0 bridgehead atoms. The molecule has 11 nitrogen and oxygen atoms in total. The van der Waals surface area contributed by atoms with E-state index in [0.717, 1.165) is 0 Å². The molecular formula is C26H26N4O7S.